The number of hydrogen-bond acceptors (Lipinski definition) is 3. The van der Waals surface area contributed by atoms with E-state index in [1.54, 1.807) is 14.2 Å². The first-order valence-corrected chi connectivity index (χ1v) is 2.69. The van der Waals surface area contributed by atoms with Crippen molar-refractivity contribution in [1.82, 2.24) is 5.06 Å². The lowest BCUT2D eigenvalue weighted by Gasteiger charge is -2.03. The molecule has 5 heteroatoms. The van der Waals surface area contributed by atoms with Crippen LogP contribution < -0.4 is 0 Å². The molecule has 0 aliphatic carbocycles. The van der Waals surface area contributed by atoms with Gasteiger partial charge in [0.25, 0.3) is 0 Å². The zero-order chi connectivity index (χ0) is 8.57. The molecule has 0 saturated heterocycles. The van der Waals surface area contributed by atoms with Crippen molar-refractivity contribution >= 4 is 6.09 Å². The average Bonchev–Trinajstić information content (AvgIpc) is 1.88. The van der Waals surface area contributed by atoms with Crippen LogP contribution in [-0.2, 0) is 4.74 Å². The molecule has 1 amide bonds. The molecule has 0 spiro atoms. The Kier molecular flexibility index (Phi) is 9.77. The van der Waals surface area contributed by atoms with Crippen LogP contribution in [0.5, 0.6) is 0 Å². The largest absolute Gasteiger partial charge is 0.463 e. The summed E-state index contributed by atoms with van der Waals surface area (Å²) < 4.78 is 4.25. The Bertz CT molecular complexity index is 85.7. The number of carboxylic acid groups (broad SMARTS) is 1. The second-order valence-electron chi connectivity index (χ2n) is 1.41. The molecule has 0 fully saturated rings. The highest BCUT2D eigenvalue weighted by molar-refractivity contribution is 5.63. The highest BCUT2D eigenvalue weighted by Crippen LogP contribution is 1.77. The van der Waals surface area contributed by atoms with Crippen molar-refractivity contribution in [3.05, 3.63) is 0 Å². The topological polar surface area (TPSA) is 70.0 Å². The van der Waals surface area contributed by atoms with E-state index >= 15 is 0 Å². The summed E-state index contributed by atoms with van der Waals surface area (Å²) in [5, 5.41) is 16.2. The minimum Gasteiger partial charge on any atom is -0.463 e. The molecule has 0 aromatic heterocycles. The number of carbonyl (C=O) groups is 1. The third-order valence-electron chi connectivity index (χ3n) is 0.520. The van der Waals surface area contributed by atoms with Crippen LogP contribution >= 0.6 is 0 Å². The maximum absolute atomic E-state index is 9.61. The van der Waals surface area contributed by atoms with E-state index < -0.39 is 6.09 Å². The van der Waals surface area contributed by atoms with Gasteiger partial charge in [-0.15, -0.1) is 0 Å². The predicted molar refractivity (Wildman–Crippen MR) is 35.1 cm³/mol. The van der Waals surface area contributed by atoms with E-state index in [1.807, 2.05) is 0 Å². The zero-order valence-corrected chi connectivity index (χ0v) is 6.37. The third kappa shape index (κ3) is 10.2. The van der Waals surface area contributed by atoms with Gasteiger partial charge in [0.15, 0.2) is 0 Å². The van der Waals surface area contributed by atoms with Crippen LogP contribution in [0.1, 0.15) is 6.92 Å². The lowest BCUT2D eigenvalue weighted by molar-refractivity contribution is -0.0594. The molecule has 0 aliphatic heterocycles. The Morgan fingerprint density at radius 2 is 1.90 bits per heavy atom. The predicted octanol–water partition coefficient (Wildman–Crippen LogP) is 0.638. The second kappa shape index (κ2) is 8.19. The molecular formula is C5H13NO4. The van der Waals surface area contributed by atoms with Gasteiger partial charge < -0.3 is 9.84 Å². The Labute approximate surface area is 59.8 Å². The van der Waals surface area contributed by atoms with Gasteiger partial charge in [-0.05, 0) is 6.92 Å². The van der Waals surface area contributed by atoms with Crippen LogP contribution in [0.25, 0.3) is 0 Å². The highest BCUT2D eigenvalue weighted by atomic mass is 16.6. The van der Waals surface area contributed by atoms with E-state index in [9.17, 15) is 4.79 Å². The van der Waals surface area contributed by atoms with Gasteiger partial charge in [0.1, 0.15) is 0 Å². The number of rotatable bonds is 1. The van der Waals surface area contributed by atoms with E-state index in [2.05, 4.69) is 4.74 Å². The minimum absolute atomic E-state index is 0.106. The number of methoxy groups -OCH3 is 1. The molecule has 0 heterocycles. The number of nitrogens with zero attached hydrogens (tertiary/aromatic N) is 1. The van der Waals surface area contributed by atoms with Crippen molar-refractivity contribution in [2.24, 2.45) is 0 Å². The van der Waals surface area contributed by atoms with Gasteiger partial charge in [-0.3, -0.25) is 5.21 Å². The molecule has 0 aromatic carbocycles. The van der Waals surface area contributed by atoms with Crippen LogP contribution in [0.2, 0.25) is 0 Å². The van der Waals surface area contributed by atoms with E-state index in [0.29, 0.717) is 0 Å². The van der Waals surface area contributed by atoms with Gasteiger partial charge >= 0.3 is 6.09 Å². The molecule has 0 aromatic rings. The standard InChI is InChI=1S/C3H7NO3.C2H6O/c1-2-4(7)3(5)6;1-3-2/h7H,2H2,1H3,(H,5,6);1-2H3. The van der Waals surface area contributed by atoms with E-state index in [4.69, 9.17) is 10.3 Å². The molecule has 62 valence electrons. The molecule has 2 N–H and O–H groups in total. The zero-order valence-electron chi connectivity index (χ0n) is 6.37. The van der Waals surface area contributed by atoms with Crippen molar-refractivity contribution in [2.75, 3.05) is 20.8 Å². The van der Waals surface area contributed by atoms with Gasteiger partial charge in [0.05, 0.1) is 0 Å². The number of hydroxylamine groups is 2. The van der Waals surface area contributed by atoms with Gasteiger partial charge in [0.2, 0.25) is 0 Å². The monoisotopic (exact) mass is 151 g/mol. The first-order valence-electron chi connectivity index (χ1n) is 2.69. The Morgan fingerprint density at radius 1 is 1.60 bits per heavy atom. The SMILES string of the molecule is CCN(O)C(=O)O.COC. The smallest absolute Gasteiger partial charge is 0.431 e. The van der Waals surface area contributed by atoms with Gasteiger partial charge in [-0.1, -0.05) is 0 Å². The summed E-state index contributed by atoms with van der Waals surface area (Å²) in [6, 6.07) is 0. The summed E-state index contributed by atoms with van der Waals surface area (Å²) in [5.74, 6) is 0. The van der Waals surface area contributed by atoms with Crippen molar-refractivity contribution in [1.29, 1.82) is 0 Å². The first-order chi connectivity index (χ1) is 4.59. The normalized spacial score (nSPS) is 7.60. The first kappa shape index (κ1) is 11.9. The Balaban J connectivity index is 0. The highest BCUT2D eigenvalue weighted by Gasteiger charge is 2.00. The summed E-state index contributed by atoms with van der Waals surface area (Å²) >= 11 is 0. The Morgan fingerprint density at radius 3 is 1.90 bits per heavy atom. The summed E-state index contributed by atoms with van der Waals surface area (Å²) in [6.07, 6.45) is -1.32. The molecule has 0 rings (SSSR count). The van der Waals surface area contributed by atoms with Gasteiger partial charge in [-0.25, -0.2) is 4.79 Å². The number of amides is 1. The molecule has 0 radical (unpaired) electrons. The summed E-state index contributed by atoms with van der Waals surface area (Å²) in [7, 11) is 3.25. The maximum Gasteiger partial charge on any atom is 0.431 e. The molecule has 0 aliphatic rings. The number of hydrogen-bond donors (Lipinski definition) is 2. The van der Waals surface area contributed by atoms with Crippen LogP contribution in [0.4, 0.5) is 4.79 Å². The molecule has 0 unspecified atom stereocenters. The van der Waals surface area contributed by atoms with E-state index in [0.717, 1.165) is 0 Å². The maximum atomic E-state index is 9.61. The number of ether oxygens (including phenoxy) is 1. The van der Waals surface area contributed by atoms with Crippen molar-refractivity contribution in [3.8, 4) is 0 Å². The average molecular weight is 151 g/mol. The molecule has 0 atom stereocenters. The lowest BCUT2D eigenvalue weighted by atomic mass is 10.7. The van der Waals surface area contributed by atoms with Crippen LogP contribution in [0.15, 0.2) is 0 Å². The summed E-state index contributed by atoms with van der Waals surface area (Å²) in [6.45, 7) is 1.64. The summed E-state index contributed by atoms with van der Waals surface area (Å²) in [4.78, 5) is 9.61. The fourth-order valence-electron chi connectivity index (χ4n) is 0.135. The fourth-order valence-corrected chi connectivity index (χ4v) is 0.135. The molecule has 10 heavy (non-hydrogen) atoms. The van der Waals surface area contributed by atoms with E-state index in [1.165, 1.54) is 6.92 Å². The second-order valence-corrected chi connectivity index (χ2v) is 1.41. The van der Waals surface area contributed by atoms with Crippen LogP contribution in [0.3, 0.4) is 0 Å². The van der Waals surface area contributed by atoms with Crippen molar-refractivity contribution in [3.63, 3.8) is 0 Å². The van der Waals surface area contributed by atoms with Crippen LogP contribution in [0, 0.1) is 0 Å². The molecule has 0 bridgehead atoms. The van der Waals surface area contributed by atoms with Crippen molar-refractivity contribution < 1.29 is 19.8 Å². The third-order valence-corrected chi connectivity index (χ3v) is 0.520. The minimum atomic E-state index is -1.32. The van der Waals surface area contributed by atoms with Crippen molar-refractivity contribution in [2.45, 2.75) is 6.92 Å². The van der Waals surface area contributed by atoms with Gasteiger partial charge in [-0.2, -0.15) is 5.06 Å². The molecule has 5 nitrogen and oxygen atoms in total. The Hall–Kier alpha value is -0.810. The fraction of sp³-hybridized carbons (Fsp3) is 0.800. The van der Waals surface area contributed by atoms with Gasteiger partial charge in [0, 0.05) is 20.8 Å². The molecular weight excluding hydrogens is 138 g/mol. The lowest BCUT2D eigenvalue weighted by Crippen LogP contribution is -2.24. The quantitative estimate of drug-likeness (QED) is 0.426. The molecule has 0 saturated carbocycles. The van der Waals surface area contributed by atoms with Crippen LogP contribution in [-0.4, -0.2) is 42.2 Å². The summed E-state index contributed by atoms with van der Waals surface area (Å²) in [5.41, 5.74) is 0. The van der Waals surface area contributed by atoms with E-state index in [-0.39, 0.29) is 11.6 Å².